The van der Waals surface area contributed by atoms with E-state index in [0.717, 1.165) is 17.5 Å². The summed E-state index contributed by atoms with van der Waals surface area (Å²) in [7, 11) is 0. The molecule has 1 aromatic rings. The third-order valence-electron chi connectivity index (χ3n) is 4.25. The Balaban J connectivity index is 1.61. The van der Waals surface area contributed by atoms with Gasteiger partial charge in [0.2, 0.25) is 0 Å². The molecule has 2 nitrogen and oxygen atoms in total. The van der Waals surface area contributed by atoms with Crippen molar-refractivity contribution in [2.75, 3.05) is 5.32 Å². The van der Waals surface area contributed by atoms with E-state index >= 15 is 0 Å². The maximum Gasteiger partial charge on any atom is 0.171 e. The summed E-state index contributed by atoms with van der Waals surface area (Å²) in [5.41, 5.74) is 0.759. The molecule has 0 heterocycles. The topological polar surface area (TPSA) is 24.1 Å². The molecular weight excluding hydrogens is 299 g/mol. The second-order valence-electron chi connectivity index (χ2n) is 5.48. The van der Waals surface area contributed by atoms with Gasteiger partial charge < -0.3 is 10.6 Å². The van der Waals surface area contributed by atoms with Crippen molar-refractivity contribution in [2.24, 2.45) is 11.8 Å². The van der Waals surface area contributed by atoms with Crippen molar-refractivity contribution in [1.29, 1.82) is 0 Å². The highest BCUT2D eigenvalue weighted by Crippen LogP contribution is 2.44. The molecule has 0 spiro atoms. The van der Waals surface area contributed by atoms with Crippen LogP contribution < -0.4 is 10.6 Å². The van der Waals surface area contributed by atoms with Crippen LogP contribution in [0.4, 0.5) is 5.69 Å². The fraction of sp³-hybridized carbons (Fsp3) is 0.500. The van der Waals surface area contributed by atoms with E-state index in [0.29, 0.717) is 21.2 Å². The SMILES string of the molecule is S=C(Nc1cccc(Cl)c1Cl)N[C@H]1C[C@@H]2CC[C@@H]1C2. The first-order valence-electron chi connectivity index (χ1n) is 6.65. The average Bonchev–Trinajstić information content (AvgIpc) is 2.97. The molecule has 0 unspecified atom stereocenters. The fourth-order valence-electron chi connectivity index (χ4n) is 3.35. The number of benzene rings is 1. The van der Waals surface area contributed by atoms with Crippen molar-refractivity contribution in [1.82, 2.24) is 5.32 Å². The zero-order chi connectivity index (χ0) is 13.4. The summed E-state index contributed by atoms with van der Waals surface area (Å²) in [5.74, 6) is 1.69. The van der Waals surface area contributed by atoms with Gasteiger partial charge >= 0.3 is 0 Å². The maximum atomic E-state index is 6.14. The summed E-state index contributed by atoms with van der Waals surface area (Å²) in [6, 6.07) is 6.03. The first-order chi connectivity index (χ1) is 9.13. The number of nitrogens with one attached hydrogen (secondary N) is 2. The van der Waals surface area contributed by atoms with Gasteiger partial charge in [-0.25, -0.2) is 0 Å². The van der Waals surface area contributed by atoms with Crippen LogP contribution in [0.25, 0.3) is 0 Å². The van der Waals surface area contributed by atoms with Crippen molar-refractivity contribution >= 4 is 46.2 Å². The van der Waals surface area contributed by atoms with Crippen LogP contribution in [-0.2, 0) is 0 Å². The van der Waals surface area contributed by atoms with Gasteiger partial charge in [0.1, 0.15) is 0 Å². The molecule has 0 saturated heterocycles. The molecule has 0 aromatic heterocycles. The third-order valence-corrected chi connectivity index (χ3v) is 5.29. The van der Waals surface area contributed by atoms with E-state index < -0.39 is 0 Å². The minimum Gasteiger partial charge on any atom is -0.359 e. The van der Waals surface area contributed by atoms with Gasteiger partial charge in [0.05, 0.1) is 15.7 Å². The number of halogens is 2. The highest BCUT2D eigenvalue weighted by Gasteiger charge is 2.39. The summed E-state index contributed by atoms with van der Waals surface area (Å²) < 4.78 is 0. The Morgan fingerprint density at radius 3 is 2.74 bits per heavy atom. The summed E-state index contributed by atoms with van der Waals surface area (Å²) in [4.78, 5) is 0. The Morgan fingerprint density at radius 1 is 1.21 bits per heavy atom. The van der Waals surface area contributed by atoms with Gasteiger partial charge in [0.25, 0.3) is 0 Å². The van der Waals surface area contributed by atoms with Crippen LogP contribution >= 0.6 is 35.4 Å². The Kier molecular flexibility index (Phi) is 3.88. The van der Waals surface area contributed by atoms with Gasteiger partial charge in [-0.05, 0) is 55.4 Å². The quantitative estimate of drug-likeness (QED) is 0.788. The molecule has 3 rings (SSSR count). The van der Waals surface area contributed by atoms with E-state index in [1.54, 1.807) is 6.07 Å². The number of hydrogen-bond donors (Lipinski definition) is 2. The molecule has 102 valence electrons. The molecule has 0 amide bonds. The first kappa shape index (κ1) is 13.5. The van der Waals surface area contributed by atoms with Crippen LogP contribution in [0.3, 0.4) is 0 Å². The van der Waals surface area contributed by atoms with E-state index in [9.17, 15) is 0 Å². The fourth-order valence-corrected chi connectivity index (χ4v) is 3.96. The second kappa shape index (κ2) is 5.47. The van der Waals surface area contributed by atoms with Crippen molar-refractivity contribution in [3.63, 3.8) is 0 Å². The van der Waals surface area contributed by atoms with E-state index in [1.807, 2.05) is 12.1 Å². The molecule has 2 bridgehead atoms. The van der Waals surface area contributed by atoms with Gasteiger partial charge in [-0.2, -0.15) is 0 Å². The van der Waals surface area contributed by atoms with Gasteiger partial charge in [-0.15, -0.1) is 0 Å². The normalized spacial score (nSPS) is 28.4. The maximum absolute atomic E-state index is 6.14. The highest BCUT2D eigenvalue weighted by atomic mass is 35.5. The zero-order valence-corrected chi connectivity index (χ0v) is 12.8. The van der Waals surface area contributed by atoms with E-state index in [1.165, 1.54) is 25.7 Å². The lowest BCUT2D eigenvalue weighted by Gasteiger charge is -2.24. The predicted molar refractivity (Wildman–Crippen MR) is 85.1 cm³/mol. The Morgan fingerprint density at radius 2 is 2.05 bits per heavy atom. The van der Waals surface area contributed by atoms with Crippen LogP contribution in [0.5, 0.6) is 0 Å². The lowest BCUT2D eigenvalue weighted by atomic mass is 9.96. The third kappa shape index (κ3) is 2.83. The first-order valence-corrected chi connectivity index (χ1v) is 7.81. The Labute approximate surface area is 128 Å². The summed E-state index contributed by atoms with van der Waals surface area (Å²) in [5, 5.41) is 8.26. The van der Waals surface area contributed by atoms with E-state index in [2.05, 4.69) is 10.6 Å². The van der Waals surface area contributed by atoms with Gasteiger partial charge in [0, 0.05) is 6.04 Å². The van der Waals surface area contributed by atoms with Gasteiger partial charge in [0.15, 0.2) is 5.11 Å². The minimum absolute atomic E-state index is 0.515. The average molecular weight is 315 g/mol. The molecule has 0 aliphatic heterocycles. The summed E-state index contributed by atoms with van der Waals surface area (Å²) in [6.07, 6.45) is 5.33. The molecule has 2 fully saturated rings. The smallest absolute Gasteiger partial charge is 0.171 e. The molecule has 2 aliphatic rings. The molecular formula is C14H16Cl2N2S. The number of hydrogen-bond acceptors (Lipinski definition) is 1. The molecule has 2 N–H and O–H groups in total. The lowest BCUT2D eigenvalue weighted by Crippen LogP contribution is -2.40. The zero-order valence-electron chi connectivity index (χ0n) is 10.5. The molecule has 5 heteroatoms. The van der Waals surface area contributed by atoms with E-state index in [4.69, 9.17) is 35.4 Å². The van der Waals surface area contributed by atoms with Gasteiger partial charge in [-0.1, -0.05) is 35.7 Å². The van der Waals surface area contributed by atoms with Crippen LogP contribution in [0.15, 0.2) is 18.2 Å². The summed E-state index contributed by atoms with van der Waals surface area (Å²) in [6.45, 7) is 0. The van der Waals surface area contributed by atoms with Crippen LogP contribution in [0.2, 0.25) is 10.0 Å². The van der Waals surface area contributed by atoms with Crippen molar-refractivity contribution in [2.45, 2.75) is 31.7 Å². The predicted octanol–water partition coefficient (Wildman–Crippen LogP) is 4.47. The molecule has 19 heavy (non-hydrogen) atoms. The van der Waals surface area contributed by atoms with Crippen LogP contribution in [0.1, 0.15) is 25.7 Å². The van der Waals surface area contributed by atoms with Crippen molar-refractivity contribution < 1.29 is 0 Å². The second-order valence-corrected chi connectivity index (χ2v) is 6.67. The molecule has 2 saturated carbocycles. The molecule has 3 atom stereocenters. The minimum atomic E-state index is 0.515. The van der Waals surface area contributed by atoms with Crippen molar-refractivity contribution in [3.8, 4) is 0 Å². The van der Waals surface area contributed by atoms with Crippen molar-refractivity contribution in [3.05, 3.63) is 28.2 Å². The van der Waals surface area contributed by atoms with E-state index in [-0.39, 0.29) is 0 Å². The molecule has 2 aliphatic carbocycles. The number of anilines is 1. The number of thiocarbonyl (C=S) groups is 1. The standard InChI is InChI=1S/C14H16Cl2N2S/c15-10-2-1-3-11(13(10)16)17-14(19)18-12-7-8-4-5-9(12)6-8/h1-3,8-9,12H,4-7H2,(H2,17,18,19)/t8-,9-,12+/m1/s1. The van der Waals surface area contributed by atoms with Crippen LogP contribution in [-0.4, -0.2) is 11.2 Å². The number of fused-ring (bicyclic) bond motifs is 2. The van der Waals surface area contributed by atoms with Crippen LogP contribution in [0, 0.1) is 11.8 Å². The number of rotatable bonds is 2. The molecule has 1 aromatic carbocycles. The molecule has 0 radical (unpaired) electrons. The van der Waals surface area contributed by atoms with Gasteiger partial charge in [-0.3, -0.25) is 0 Å². The summed E-state index contributed by atoms with van der Waals surface area (Å²) >= 11 is 17.5. The Bertz CT molecular complexity index is 506. The lowest BCUT2D eigenvalue weighted by molar-refractivity contribution is 0.392. The largest absolute Gasteiger partial charge is 0.359 e. The monoisotopic (exact) mass is 314 g/mol. The Hall–Kier alpha value is -0.510. The highest BCUT2D eigenvalue weighted by molar-refractivity contribution is 7.80.